The van der Waals surface area contributed by atoms with Gasteiger partial charge < -0.3 is 14.2 Å². The van der Waals surface area contributed by atoms with Crippen LogP contribution in [-0.2, 0) is 10.4 Å². The lowest BCUT2D eigenvalue weighted by Gasteiger charge is -2.10. The van der Waals surface area contributed by atoms with Crippen LogP contribution in [0.1, 0.15) is 97.3 Å². The third kappa shape index (κ3) is 34.3. The lowest BCUT2D eigenvalue weighted by Crippen LogP contribution is -1.95. The average Bonchev–Trinajstić information content (AvgIpc) is 2.45. The van der Waals surface area contributed by atoms with Crippen molar-refractivity contribution < 1.29 is 22.6 Å². The van der Waals surface area contributed by atoms with E-state index >= 15 is 0 Å². The molecule has 0 aliphatic carbocycles. The molecule has 0 saturated carbocycles. The summed E-state index contributed by atoms with van der Waals surface area (Å²) >= 11 is 0. The molecule has 6 heteroatoms. The van der Waals surface area contributed by atoms with E-state index in [0.717, 1.165) is 12.3 Å². The molecule has 0 amide bonds. The molecule has 0 aromatic heterocycles. The summed E-state index contributed by atoms with van der Waals surface area (Å²) in [4.78, 5) is 0. The fourth-order valence-electron chi connectivity index (χ4n) is 2.55. The van der Waals surface area contributed by atoms with Crippen LogP contribution in [0.5, 0.6) is 0 Å². The molecule has 0 heterocycles. The Morgan fingerprint density at radius 1 is 0.783 bits per heavy atom. The highest BCUT2D eigenvalue weighted by atomic mass is 32.3. The Bertz CT molecular complexity index is 309. The SMILES string of the molecule is CCCCCCC(C)CCCCCCCCCO.O=S(=O)([O-])[O-]. The van der Waals surface area contributed by atoms with Gasteiger partial charge in [0, 0.05) is 17.0 Å². The van der Waals surface area contributed by atoms with Gasteiger partial charge in [0.05, 0.1) is 0 Å². The van der Waals surface area contributed by atoms with Crippen molar-refractivity contribution in [3.05, 3.63) is 0 Å². The molecule has 0 fully saturated rings. The number of aliphatic hydroxyl groups is 1. The summed E-state index contributed by atoms with van der Waals surface area (Å²) in [5, 5.41) is 8.67. The fraction of sp³-hybridized carbons (Fsp3) is 1.00. The quantitative estimate of drug-likeness (QED) is 0.284. The molecule has 0 aromatic rings. The summed E-state index contributed by atoms with van der Waals surface area (Å²) in [6, 6.07) is 0. The van der Waals surface area contributed by atoms with Crippen LogP contribution in [0.3, 0.4) is 0 Å². The second kappa shape index (κ2) is 18.2. The second-order valence-electron chi connectivity index (χ2n) is 6.35. The highest BCUT2D eigenvalue weighted by molar-refractivity contribution is 7.79. The highest BCUT2D eigenvalue weighted by Gasteiger charge is 2.01. The normalized spacial score (nSPS) is 12.6. The van der Waals surface area contributed by atoms with Gasteiger partial charge in [-0.15, -0.1) is 0 Å². The van der Waals surface area contributed by atoms with Gasteiger partial charge in [0.2, 0.25) is 0 Å². The Kier molecular flexibility index (Phi) is 19.8. The third-order valence-corrected chi connectivity index (χ3v) is 3.91. The molecule has 0 aliphatic heterocycles. The summed E-state index contributed by atoms with van der Waals surface area (Å²) in [5.74, 6) is 0.941. The van der Waals surface area contributed by atoms with Crippen LogP contribution in [0.15, 0.2) is 0 Å². The molecule has 23 heavy (non-hydrogen) atoms. The van der Waals surface area contributed by atoms with E-state index in [1.54, 1.807) is 0 Å². The largest absolute Gasteiger partial charge is 0.759 e. The topological polar surface area (TPSA) is 100 Å². The Hall–Kier alpha value is -0.170. The van der Waals surface area contributed by atoms with E-state index in [1.165, 1.54) is 77.0 Å². The summed E-state index contributed by atoms with van der Waals surface area (Å²) < 4.78 is 34.1. The first kappa shape index (κ1) is 25.1. The lowest BCUT2D eigenvalue weighted by atomic mass is 9.96. The molecule has 1 unspecified atom stereocenters. The molecule has 0 aliphatic rings. The van der Waals surface area contributed by atoms with Crippen molar-refractivity contribution in [2.24, 2.45) is 5.92 Å². The monoisotopic (exact) mass is 352 g/mol. The van der Waals surface area contributed by atoms with Gasteiger partial charge in [-0.1, -0.05) is 90.9 Å². The molecule has 0 rings (SSSR count). The van der Waals surface area contributed by atoms with Gasteiger partial charge in [-0.2, -0.15) is 0 Å². The van der Waals surface area contributed by atoms with Gasteiger partial charge in [0.15, 0.2) is 0 Å². The van der Waals surface area contributed by atoms with Gasteiger partial charge >= 0.3 is 0 Å². The summed E-state index contributed by atoms with van der Waals surface area (Å²) in [7, 11) is -5.17. The molecule has 142 valence electrons. The average molecular weight is 353 g/mol. The Balaban J connectivity index is 0. The fourth-order valence-corrected chi connectivity index (χ4v) is 2.55. The second-order valence-corrected chi connectivity index (χ2v) is 7.17. The molecule has 1 atom stereocenters. The number of hydrogen-bond acceptors (Lipinski definition) is 5. The van der Waals surface area contributed by atoms with Crippen LogP contribution in [0.2, 0.25) is 0 Å². The molecule has 1 N–H and O–H groups in total. The van der Waals surface area contributed by atoms with Gasteiger partial charge in [-0.3, -0.25) is 8.42 Å². The summed E-state index contributed by atoms with van der Waals surface area (Å²) in [6.45, 7) is 5.08. The first-order chi connectivity index (χ1) is 10.8. The van der Waals surface area contributed by atoms with Crippen molar-refractivity contribution in [3.8, 4) is 0 Å². The molecular formula is C17H36O5S-2. The highest BCUT2D eigenvalue weighted by Crippen LogP contribution is 2.18. The number of hydrogen-bond donors (Lipinski definition) is 1. The van der Waals surface area contributed by atoms with Crippen LogP contribution in [0.4, 0.5) is 0 Å². The molecule has 0 bridgehead atoms. The first-order valence-electron chi connectivity index (χ1n) is 9.08. The van der Waals surface area contributed by atoms with Crippen molar-refractivity contribution in [3.63, 3.8) is 0 Å². The third-order valence-electron chi connectivity index (χ3n) is 3.91. The number of unbranched alkanes of at least 4 members (excludes halogenated alkanes) is 9. The zero-order chi connectivity index (χ0) is 18.0. The van der Waals surface area contributed by atoms with Crippen LogP contribution < -0.4 is 0 Å². The minimum absolute atomic E-state index is 0.371. The molecule has 0 spiro atoms. The van der Waals surface area contributed by atoms with Gasteiger partial charge in [0.1, 0.15) is 0 Å². The Labute approximate surface area is 143 Å². The molecule has 0 radical (unpaired) electrons. The Morgan fingerprint density at radius 3 is 1.52 bits per heavy atom. The van der Waals surface area contributed by atoms with E-state index in [9.17, 15) is 0 Å². The predicted octanol–water partition coefficient (Wildman–Crippen LogP) is 4.37. The van der Waals surface area contributed by atoms with Crippen LogP contribution in [-0.4, -0.2) is 29.2 Å². The van der Waals surface area contributed by atoms with Crippen molar-refractivity contribution in [2.45, 2.75) is 97.3 Å². The first-order valence-corrected chi connectivity index (χ1v) is 10.4. The maximum atomic E-state index is 8.67. The number of rotatable bonds is 14. The predicted molar refractivity (Wildman–Crippen MR) is 92.4 cm³/mol. The standard InChI is InChI=1S/C17H36O.H2O4S/c1-3-4-5-11-14-17(2)15-12-9-7-6-8-10-13-16-18;1-5(2,3)4/h17-18H,3-16H2,1-2H3;(H2,1,2,3,4)/p-2. The maximum absolute atomic E-state index is 8.67. The van der Waals surface area contributed by atoms with E-state index in [-0.39, 0.29) is 0 Å². The number of aliphatic hydroxyl groups excluding tert-OH is 1. The molecule has 5 nitrogen and oxygen atoms in total. The Morgan fingerprint density at radius 2 is 1.13 bits per heavy atom. The molecule has 0 aromatic carbocycles. The minimum Gasteiger partial charge on any atom is -0.759 e. The minimum atomic E-state index is -5.17. The van der Waals surface area contributed by atoms with Crippen molar-refractivity contribution >= 4 is 10.4 Å². The van der Waals surface area contributed by atoms with Gasteiger partial charge in [-0.25, -0.2) is 0 Å². The zero-order valence-corrected chi connectivity index (χ0v) is 15.8. The van der Waals surface area contributed by atoms with Crippen molar-refractivity contribution in [2.75, 3.05) is 6.61 Å². The van der Waals surface area contributed by atoms with E-state index in [1.807, 2.05) is 0 Å². The molecular weight excluding hydrogens is 316 g/mol. The lowest BCUT2D eigenvalue weighted by molar-refractivity contribution is 0.282. The summed E-state index contributed by atoms with van der Waals surface area (Å²) in [5.41, 5.74) is 0. The summed E-state index contributed by atoms with van der Waals surface area (Å²) in [6.07, 6.45) is 17.6. The molecule has 0 saturated heterocycles. The van der Waals surface area contributed by atoms with Crippen molar-refractivity contribution in [1.29, 1.82) is 0 Å². The van der Waals surface area contributed by atoms with E-state index in [4.69, 9.17) is 22.6 Å². The van der Waals surface area contributed by atoms with Crippen molar-refractivity contribution in [1.82, 2.24) is 0 Å². The van der Waals surface area contributed by atoms with Gasteiger partial charge in [0.25, 0.3) is 0 Å². The van der Waals surface area contributed by atoms with E-state index in [2.05, 4.69) is 13.8 Å². The van der Waals surface area contributed by atoms with Crippen LogP contribution in [0.25, 0.3) is 0 Å². The zero-order valence-electron chi connectivity index (χ0n) is 15.0. The van der Waals surface area contributed by atoms with Crippen LogP contribution >= 0.6 is 0 Å². The van der Waals surface area contributed by atoms with E-state index in [0.29, 0.717) is 6.61 Å². The maximum Gasteiger partial charge on any atom is 0.0431 e. The van der Waals surface area contributed by atoms with Gasteiger partial charge in [-0.05, 0) is 12.3 Å². The van der Waals surface area contributed by atoms with E-state index < -0.39 is 10.4 Å². The van der Waals surface area contributed by atoms with Crippen LogP contribution in [0, 0.1) is 5.92 Å². The smallest absolute Gasteiger partial charge is 0.0431 e.